The molecule has 0 saturated carbocycles. The SMILES string of the molecule is CC(C)C(=O)OC1CCSSC1. The monoisotopic (exact) mass is 206 g/mol. The van der Waals surface area contributed by atoms with Gasteiger partial charge in [-0.15, -0.1) is 0 Å². The van der Waals surface area contributed by atoms with Crippen molar-refractivity contribution in [1.82, 2.24) is 0 Å². The quantitative estimate of drug-likeness (QED) is 0.512. The van der Waals surface area contributed by atoms with Crippen LogP contribution in [0.2, 0.25) is 0 Å². The van der Waals surface area contributed by atoms with Crippen LogP contribution in [0, 0.1) is 5.92 Å². The second kappa shape index (κ2) is 5.02. The van der Waals surface area contributed by atoms with Gasteiger partial charge in [0.1, 0.15) is 6.10 Å². The molecule has 2 nitrogen and oxygen atoms in total. The molecule has 12 heavy (non-hydrogen) atoms. The molecule has 0 bridgehead atoms. The Hall–Kier alpha value is 0.170. The first-order valence-corrected chi connectivity index (χ1v) is 6.64. The summed E-state index contributed by atoms with van der Waals surface area (Å²) in [6.07, 6.45) is 1.17. The van der Waals surface area contributed by atoms with Crippen molar-refractivity contribution in [1.29, 1.82) is 0 Å². The van der Waals surface area contributed by atoms with Crippen LogP contribution in [-0.4, -0.2) is 23.6 Å². The summed E-state index contributed by atoms with van der Waals surface area (Å²) in [5, 5.41) is 0. The zero-order valence-electron chi connectivity index (χ0n) is 7.41. The molecule has 1 rings (SSSR count). The molecule has 1 aliphatic heterocycles. The summed E-state index contributed by atoms with van der Waals surface area (Å²) < 4.78 is 5.28. The summed E-state index contributed by atoms with van der Waals surface area (Å²) in [6, 6.07) is 0. The Kier molecular flexibility index (Phi) is 4.29. The summed E-state index contributed by atoms with van der Waals surface area (Å²) in [4.78, 5) is 11.2. The predicted molar refractivity (Wildman–Crippen MR) is 54.3 cm³/mol. The molecule has 1 saturated heterocycles. The second-order valence-corrected chi connectivity index (χ2v) is 5.74. The molecule has 1 unspecified atom stereocenters. The van der Waals surface area contributed by atoms with Crippen LogP contribution in [0.4, 0.5) is 0 Å². The minimum absolute atomic E-state index is 0.00424. The maximum Gasteiger partial charge on any atom is 0.308 e. The number of rotatable bonds is 2. The average molecular weight is 206 g/mol. The third-order valence-electron chi connectivity index (χ3n) is 1.61. The van der Waals surface area contributed by atoms with Gasteiger partial charge in [-0.2, -0.15) is 0 Å². The highest BCUT2D eigenvalue weighted by atomic mass is 33.1. The topological polar surface area (TPSA) is 26.3 Å². The maximum atomic E-state index is 11.2. The summed E-state index contributed by atoms with van der Waals surface area (Å²) >= 11 is 0. The zero-order valence-corrected chi connectivity index (χ0v) is 9.04. The number of hydrogen-bond acceptors (Lipinski definition) is 4. The van der Waals surface area contributed by atoms with E-state index in [4.69, 9.17) is 4.74 Å². The first kappa shape index (κ1) is 10.3. The molecule has 0 N–H and O–H groups in total. The Morgan fingerprint density at radius 3 is 2.75 bits per heavy atom. The Labute approximate surface area is 81.2 Å². The lowest BCUT2D eigenvalue weighted by Crippen LogP contribution is -2.25. The Morgan fingerprint density at radius 1 is 1.50 bits per heavy atom. The van der Waals surface area contributed by atoms with Crippen molar-refractivity contribution in [3.8, 4) is 0 Å². The van der Waals surface area contributed by atoms with E-state index < -0.39 is 0 Å². The maximum absolute atomic E-state index is 11.2. The zero-order chi connectivity index (χ0) is 8.97. The van der Waals surface area contributed by atoms with Gasteiger partial charge < -0.3 is 4.74 Å². The van der Waals surface area contributed by atoms with E-state index in [2.05, 4.69) is 0 Å². The van der Waals surface area contributed by atoms with Gasteiger partial charge >= 0.3 is 5.97 Å². The smallest absolute Gasteiger partial charge is 0.308 e. The molecule has 1 aliphatic rings. The van der Waals surface area contributed by atoms with Crippen molar-refractivity contribution in [2.75, 3.05) is 11.5 Å². The van der Waals surface area contributed by atoms with Gasteiger partial charge in [0.05, 0.1) is 5.92 Å². The Balaban J connectivity index is 2.24. The molecule has 0 spiro atoms. The summed E-state index contributed by atoms with van der Waals surface area (Å²) in [5.41, 5.74) is 0. The van der Waals surface area contributed by atoms with Crippen LogP contribution in [0.25, 0.3) is 0 Å². The molecule has 0 aliphatic carbocycles. The van der Waals surface area contributed by atoms with Crippen LogP contribution < -0.4 is 0 Å². The molecule has 0 amide bonds. The third-order valence-corrected chi connectivity index (χ3v) is 4.10. The molecule has 1 atom stereocenters. The van der Waals surface area contributed by atoms with Crippen LogP contribution >= 0.6 is 21.6 Å². The second-order valence-electron chi connectivity index (χ2n) is 3.11. The molecule has 70 valence electrons. The number of carbonyl (C=O) groups excluding carboxylic acids is 1. The molecule has 0 aromatic heterocycles. The van der Waals surface area contributed by atoms with Crippen LogP contribution in [0.15, 0.2) is 0 Å². The normalized spacial score (nSPS) is 24.1. The fourth-order valence-corrected chi connectivity index (χ4v) is 3.19. The van der Waals surface area contributed by atoms with Crippen molar-refractivity contribution in [3.63, 3.8) is 0 Å². The van der Waals surface area contributed by atoms with Gasteiger partial charge in [-0.05, 0) is 6.42 Å². The van der Waals surface area contributed by atoms with E-state index in [1.165, 1.54) is 0 Å². The van der Waals surface area contributed by atoms with Crippen molar-refractivity contribution in [2.24, 2.45) is 5.92 Å². The van der Waals surface area contributed by atoms with Crippen molar-refractivity contribution >= 4 is 27.6 Å². The molecule has 0 aromatic rings. The molecule has 1 heterocycles. The van der Waals surface area contributed by atoms with E-state index in [0.717, 1.165) is 17.9 Å². The standard InChI is InChI=1S/C8H14O2S2/c1-6(2)8(9)10-7-3-4-11-12-5-7/h6-7H,3-5H2,1-2H3. The minimum Gasteiger partial charge on any atom is -0.461 e. The number of carbonyl (C=O) groups is 1. The molecule has 4 heteroatoms. The molecular weight excluding hydrogens is 192 g/mol. The van der Waals surface area contributed by atoms with Crippen LogP contribution in [0.1, 0.15) is 20.3 Å². The van der Waals surface area contributed by atoms with Gasteiger partial charge in [0.2, 0.25) is 0 Å². The van der Waals surface area contributed by atoms with E-state index in [9.17, 15) is 4.79 Å². The first-order valence-electron chi connectivity index (χ1n) is 4.15. The number of hydrogen-bond donors (Lipinski definition) is 0. The van der Waals surface area contributed by atoms with E-state index in [1.807, 2.05) is 24.6 Å². The van der Waals surface area contributed by atoms with Crippen molar-refractivity contribution < 1.29 is 9.53 Å². The van der Waals surface area contributed by atoms with E-state index in [-0.39, 0.29) is 18.0 Å². The summed E-state index contributed by atoms with van der Waals surface area (Å²) in [6.45, 7) is 3.74. The summed E-state index contributed by atoms with van der Waals surface area (Å²) in [5.74, 6) is 1.99. The molecule has 1 fully saturated rings. The Morgan fingerprint density at radius 2 is 2.25 bits per heavy atom. The van der Waals surface area contributed by atoms with E-state index >= 15 is 0 Å². The van der Waals surface area contributed by atoms with Crippen molar-refractivity contribution in [3.05, 3.63) is 0 Å². The Bertz CT molecular complexity index is 153. The molecule has 0 aromatic carbocycles. The predicted octanol–water partition coefficient (Wildman–Crippen LogP) is 2.34. The highest BCUT2D eigenvalue weighted by molar-refractivity contribution is 8.76. The van der Waals surface area contributed by atoms with Gasteiger partial charge in [-0.3, -0.25) is 4.79 Å². The third kappa shape index (κ3) is 3.27. The highest BCUT2D eigenvalue weighted by Crippen LogP contribution is 2.30. The highest BCUT2D eigenvalue weighted by Gasteiger charge is 2.19. The van der Waals surface area contributed by atoms with Crippen LogP contribution in [-0.2, 0) is 9.53 Å². The van der Waals surface area contributed by atoms with Gasteiger partial charge in [0.15, 0.2) is 0 Å². The number of ether oxygens (including phenoxy) is 1. The molecular formula is C8H14O2S2. The van der Waals surface area contributed by atoms with Gasteiger partial charge in [0.25, 0.3) is 0 Å². The van der Waals surface area contributed by atoms with Gasteiger partial charge in [-0.25, -0.2) is 0 Å². The van der Waals surface area contributed by atoms with Gasteiger partial charge in [-0.1, -0.05) is 35.4 Å². The van der Waals surface area contributed by atoms with Crippen LogP contribution in [0.5, 0.6) is 0 Å². The fraction of sp³-hybridized carbons (Fsp3) is 0.875. The van der Waals surface area contributed by atoms with E-state index in [1.54, 1.807) is 10.8 Å². The number of esters is 1. The average Bonchev–Trinajstić information content (AvgIpc) is 2.06. The lowest BCUT2D eigenvalue weighted by molar-refractivity contribution is -0.151. The lowest BCUT2D eigenvalue weighted by atomic mass is 10.2. The van der Waals surface area contributed by atoms with Gasteiger partial charge in [0, 0.05) is 11.5 Å². The van der Waals surface area contributed by atoms with E-state index in [0.29, 0.717) is 0 Å². The van der Waals surface area contributed by atoms with Crippen molar-refractivity contribution in [2.45, 2.75) is 26.4 Å². The fourth-order valence-electron chi connectivity index (χ4n) is 0.839. The summed E-state index contributed by atoms with van der Waals surface area (Å²) in [7, 11) is 3.66. The largest absolute Gasteiger partial charge is 0.461 e. The lowest BCUT2D eigenvalue weighted by Gasteiger charge is -2.21. The van der Waals surface area contributed by atoms with Crippen LogP contribution in [0.3, 0.4) is 0 Å². The first-order chi connectivity index (χ1) is 5.70. The minimum atomic E-state index is -0.0625. The molecule has 0 radical (unpaired) electrons.